The van der Waals surface area contributed by atoms with Crippen molar-refractivity contribution in [3.05, 3.63) is 59.0 Å². The fourth-order valence-corrected chi connectivity index (χ4v) is 4.08. The molecule has 0 radical (unpaired) electrons. The van der Waals surface area contributed by atoms with E-state index >= 15 is 0 Å². The third kappa shape index (κ3) is 5.51. The highest BCUT2D eigenvalue weighted by molar-refractivity contribution is 8.18. The Morgan fingerprint density at radius 2 is 1.71 bits per heavy atom. The minimum atomic E-state index is -3.84. The molecular weight excluding hydrogens is 440 g/mol. The number of nitrogens with one attached hydrogen (secondary N) is 1. The van der Waals surface area contributed by atoms with E-state index in [1.165, 1.54) is 24.3 Å². The number of nitrogens with zero attached hydrogens (tertiary/aromatic N) is 2. The van der Waals surface area contributed by atoms with Gasteiger partial charge in [0.15, 0.2) is 0 Å². The maximum absolute atomic E-state index is 12.6. The molecule has 162 valence electrons. The summed E-state index contributed by atoms with van der Waals surface area (Å²) >= 11 is 0.768. The summed E-state index contributed by atoms with van der Waals surface area (Å²) in [5, 5.41) is 7.00. The van der Waals surface area contributed by atoms with Crippen LogP contribution in [0.2, 0.25) is 0 Å². The number of anilines is 2. The van der Waals surface area contributed by atoms with Crippen molar-refractivity contribution >= 4 is 56.3 Å². The first kappa shape index (κ1) is 22.5. The number of hydrogen-bond donors (Lipinski definition) is 2. The van der Waals surface area contributed by atoms with Gasteiger partial charge in [-0.05, 0) is 59.8 Å². The van der Waals surface area contributed by atoms with Gasteiger partial charge < -0.3 is 10.2 Å². The SMILES string of the molecule is CN(C)c1ccc(/C=C2\SC(=O)N(CC(=O)Nc3ccc(S(N)(=O)=O)cc3)C2=O)cc1. The number of amides is 3. The van der Waals surface area contributed by atoms with Crippen molar-refractivity contribution in [1.82, 2.24) is 4.90 Å². The molecule has 31 heavy (non-hydrogen) atoms. The molecule has 0 bridgehead atoms. The van der Waals surface area contributed by atoms with Crippen LogP contribution in [0.4, 0.5) is 16.2 Å². The van der Waals surface area contributed by atoms with Crippen LogP contribution in [-0.2, 0) is 19.6 Å². The fraction of sp³-hybridized carbons (Fsp3) is 0.150. The van der Waals surface area contributed by atoms with Crippen molar-refractivity contribution in [2.75, 3.05) is 30.9 Å². The lowest BCUT2D eigenvalue weighted by atomic mass is 10.2. The standard InChI is InChI=1S/C20H20N4O5S2/c1-23(2)15-7-3-13(4-8-15)11-17-19(26)24(20(27)30-17)12-18(25)22-14-5-9-16(10-6-14)31(21,28)29/h3-11H,12H2,1-2H3,(H,22,25)(H2,21,28,29)/b17-11-. The summed E-state index contributed by atoms with van der Waals surface area (Å²) < 4.78 is 22.6. The Hall–Kier alpha value is -3.15. The molecule has 1 saturated heterocycles. The molecule has 0 aliphatic carbocycles. The maximum atomic E-state index is 12.6. The minimum absolute atomic E-state index is 0.0970. The van der Waals surface area contributed by atoms with E-state index in [-0.39, 0.29) is 9.80 Å². The van der Waals surface area contributed by atoms with Gasteiger partial charge in [-0.1, -0.05) is 12.1 Å². The van der Waals surface area contributed by atoms with Gasteiger partial charge in [0.05, 0.1) is 9.80 Å². The molecule has 0 unspecified atom stereocenters. The van der Waals surface area contributed by atoms with Crippen LogP contribution in [0.3, 0.4) is 0 Å². The Bertz CT molecular complexity index is 1160. The number of benzene rings is 2. The van der Waals surface area contributed by atoms with E-state index < -0.39 is 33.6 Å². The lowest BCUT2D eigenvalue weighted by molar-refractivity contribution is -0.127. The number of rotatable bonds is 6. The minimum Gasteiger partial charge on any atom is -0.378 e. The molecule has 0 atom stereocenters. The second-order valence-corrected chi connectivity index (χ2v) is 9.43. The van der Waals surface area contributed by atoms with Crippen LogP contribution in [0.15, 0.2) is 58.3 Å². The van der Waals surface area contributed by atoms with Crippen LogP contribution < -0.4 is 15.4 Å². The third-order valence-corrected chi connectivity index (χ3v) is 6.19. The number of imide groups is 1. The highest BCUT2D eigenvalue weighted by Gasteiger charge is 2.36. The van der Waals surface area contributed by atoms with Crippen molar-refractivity contribution in [3.63, 3.8) is 0 Å². The molecule has 3 rings (SSSR count). The summed E-state index contributed by atoms with van der Waals surface area (Å²) in [6.45, 7) is -0.460. The molecule has 2 aromatic carbocycles. The van der Waals surface area contributed by atoms with E-state index in [0.29, 0.717) is 5.69 Å². The zero-order valence-electron chi connectivity index (χ0n) is 16.7. The van der Waals surface area contributed by atoms with Crippen molar-refractivity contribution in [2.45, 2.75) is 4.90 Å². The highest BCUT2D eigenvalue weighted by Crippen LogP contribution is 2.32. The van der Waals surface area contributed by atoms with E-state index in [0.717, 1.165) is 27.9 Å². The number of sulfonamides is 1. The Kier molecular flexibility index (Phi) is 6.48. The van der Waals surface area contributed by atoms with Gasteiger partial charge in [-0.3, -0.25) is 19.3 Å². The average Bonchev–Trinajstić information content (AvgIpc) is 2.95. The predicted molar refractivity (Wildman–Crippen MR) is 120 cm³/mol. The second kappa shape index (κ2) is 8.92. The van der Waals surface area contributed by atoms with Gasteiger partial charge in [-0.15, -0.1) is 0 Å². The van der Waals surface area contributed by atoms with E-state index in [4.69, 9.17) is 5.14 Å². The molecule has 1 fully saturated rings. The van der Waals surface area contributed by atoms with Crippen LogP contribution in [0.25, 0.3) is 6.08 Å². The molecule has 0 spiro atoms. The van der Waals surface area contributed by atoms with Gasteiger partial charge in [0.2, 0.25) is 15.9 Å². The van der Waals surface area contributed by atoms with E-state index in [1.54, 1.807) is 6.08 Å². The van der Waals surface area contributed by atoms with E-state index in [9.17, 15) is 22.8 Å². The first-order chi connectivity index (χ1) is 14.5. The number of thioether (sulfide) groups is 1. The van der Waals surface area contributed by atoms with Gasteiger partial charge >= 0.3 is 0 Å². The van der Waals surface area contributed by atoms with Gasteiger partial charge in [-0.2, -0.15) is 0 Å². The monoisotopic (exact) mass is 460 g/mol. The number of hydrogen-bond acceptors (Lipinski definition) is 7. The lowest BCUT2D eigenvalue weighted by Crippen LogP contribution is -2.36. The summed E-state index contributed by atoms with van der Waals surface area (Å²) in [5.74, 6) is -1.14. The van der Waals surface area contributed by atoms with Gasteiger partial charge in [0.1, 0.15) is 6.54 Å². The Balaban J connectivity index is 1.66. The summed E-state index contributed by atoms with van der Waals surface area (Å²) in [5.41, 5.74) is 2.07. The molecular formula is C20H20N4O5S2. The largest absolute Gasteiger partial charge is 0.378 e. The fourth-order valence-electron chi connectivity index (χ4n) is 2.73. The Morgan fingerprint density at radius 1 is 1.10 bits per heavy atom. The first-order valence-electron chi connectivity index (χ1n) is 9.00. The van der Waals surface area contributed by atoms with Crippen LogP contribution in [-0.4, -0.2) is 51.0 Å². The Labute approximate surface area is 183 Å². The zero-order valence-corrected chi connectivity index (χ0v) is 18.4. The molecule has 1 heterocycles. The molecule has 2 aromatic rings. The van der Waals surface area contributed by atoms with Gasteiger partial charge in [0.25, 0.3) is 11.1 Å². The van der Waals surface area contributed by atoms with Gasteiger partial charge in [0, 0.05) is 25.5 Å². The molecule has 3 N–H and O–H groups in total. The molecule has 3 amide bonds. The molecule has 1 aliphatic rings. The summed E-state index contributed by atoms with van der Waals surface area (Å²) in [6, 6.07) is 12.7. The normalized spacial score (nSPS) is 15.5. The smallest absolute Gasteiger partial charge is 0.294 e. The molecule has 11 heteroatoms. The van der Waals surface area contributed by atoms with Crippen LogP contribution >= 0.6 is 11.8 Å². The topological polar surface area (TPSA) is 130 Å². The molecule has 0 saturated carbocycles. The molecule has 1 aliphatic heterocycles. The Morgan fingerprint density at radius 3 is 2.26 bits per heavy atom. The van der Waals surface area contributed by atoms with Crippen molar-refractivity contribution < 1.29 is 22.8 Å². The predicted octanol–water partition coefficient (Wildman–Crippen LogP) is 2.08. The van der Waals surface area contributed by atoms with Crippen molar-refractivity contribution in [3.8, 4) is 0 Å². The van der Waals surface area contributed by atoms with Crippen LogP contribution in [0.1, 0.15) is 5.56 Å². The van der Waals surface area contributed by atoms with Crippen molar-refractivity contribution in [2.24, 2.45) is 5.14 Å². The quantitative estimate of drug-likeness (QED) is 0.631. The van der Waals surface area contributed by atoms with Gasteiger partial charge in [-0.25, -0.2) is 13.6 Å². The maximum Gasteiger partial charge on any atom is 0.294 e. The number of primary sulfonamides is 1. The zero-order chi connectivity index (χ0) is 22.8. The first-order valence-corrected chi connectivity index (χ1v) is 11.4. The summed E-state index contributed by atoms with van der Waals surface area (Å²) in [4.78, 5) is 40.0. The average molecular weight is 461 g/mol. The number of carbonyl (C=O) groups excluding carboxylic acids is 3. The highest BCUT2D eigenvalue weighted by atomic mass is 32.2. The number of nitrogens with two attached hydrogens (primary N) is 1. The molecule has 0 aromatic heterocycles. The van der Waals surface area contributed by atoms with E-state index in [2.05, 4.69) is 5.32 Å². The van der Waals surface area contributed by atoms with E-state index in [1.807, 2.05) is 43.3 Å². The third-order valence-electron chi connectivity index (χ3n) is 4.35. The van der Waals surface area contributed by atoms with Crippen molar-refractivity contribution in [1.29, 1.82) is 0 Å². The molecule has 9 nitrogen and oxygen atoms in total. The van der Waals surface area contributed by atoms with Crippen LogP contribution in [0, 0.1) is 0 Å². The lowest BCUT2D eigenvalue weighted by Gasteiger charge is -2.13. The number of carbonyl (C=O) groups is 3. The second-order valence-electron chi connectivity index (χ2n) is 6.87. The summed E-state index contributed by atoms with van der Waals surface area (Å²) in [7, 11) is -0.00856. The van der Waals surface area contributed by atoms with Crippen LogP contribution in [0.5, 0.6) is 0 Å². The summed E-state index contributed by atoms with van der Waals surface area (Å²) in [6.07, 6.45) is 1.61.